The molecule has 1 aromatic rings. The van der Waals surface area contributed by atoms with E-state index in [2.05, 4.69) is 24.1 Å². The van der Waals surface area contributed by atoms with Gasteiger partial charge in [0.25, 0.3) is 0 Å². The highest BCUT2D eigenvalue weighted by Crippen LogP contribution is 2.14. The average Bonchev–Trinajstić information content (AvgIpc) is 2.33. The Morgan fingerprint density at radius 2 is 2.11 bits per heavy atom. The van der Waals surface area contributed by atoms with Crippen molar-refractivity contribution in [2.45, 2.75) is 39.8 Å². The summed E-state index contributed by atoms with van der Waals surface area (Å²) < 4.78 is 5.24. The van der Waals surface area contributed by atoms with Gasteiger partial charge < -0.3 is 10.1 Å². The highest BCUT2D eigenvalue weighted by Gasteiger charge is 2.10. The van der Waals surface area contributed by atoms with Crippen LogP contribution in [0.2, 0.25) is 0 Å². The molecule has 4 heteroatoms. The number of nitrogens with one attached hydrogen (secondary N) is 1. The molecular formula is C14H23ClN2O. The number of rotatable bonds is 7. The zero-order valence-corrected chi connectivity index (χ0v) is 12.4. The molecule has 1 unspecified atom stereocenters. The zero-order valence-electron chi connectivity index (χ0n) is 11.7. The molecular weight excluding hydrogens is 248 g/mol. The van der Waals surface area contributed by atoms with Crippen LogP contribution in [0.1, 0.15) is 31.7 Å². The van der Waals surface area contributed by atoms with E-state index in [1.54, 1.807) is 7.11 Å². The molecule has 0 saturated carbocycles. The molecule has 0 radical (unpaired) electrons. The largest absolute Gasteiger partial charge is 0.497 e. The Labute approximate surface area is 115 Å². The Morgan fingerprint density at radius 1 is 1.39 bits per heavy atom. The molecule has 0 aliphatic carbocycles. The number of hydrogen-bond donors (Lipinski definition) is 1. The molecule has 3 nitrogen and oxygen atoms in total. The maximum Gasteiger partial charge on any atom is 0.122 e. The van der Waals surface area contributed by atoms with Crippen LogP contribution in [-0.4, -0.2) is 24.0 Å². The molecule has 0 fully saturated rings. The molecule has 1 N–H and O–H groups in total. The van der Waals surface area contributed by atoms with Crippen LogP contribution in [0.25, 0.3) is 0 Å². The number of methoxy groups -OCH3 is 1. The zero-order chi connectivity index (χ0) is 13.5. The van der Waals surface area contributed by atoms with Crippen LogP contribution in [0.3, 0.4) is 0 Å². The fourth-order valence-electron chi connectivity index (χ4n) is 1.93. The van der Waals surface area contributed by atoms with Crippen LogP contribution in [0.5, 0.6) is 5.75 Å². The first-order valence-electron chi connectivity index (χ1n) is 6.36. The monoisotopic (exact) mass is 270 g/mol. The molecule has 102 valence electrons. The highest BCUT2D eigenvalue weighted by molar-refractivity contribution is 6.18. The maximum atomic E-state index is 5.96. The van der Waals surface area contributed by atoms with E-state index in [1.165, 1.54) is 0 Å². The lowest BCUT2D eigenvalue weighted by molar-refractivity contribution is 0.411. The Hall–Kier alpha value is -0.800. The summed E-state index contributed by atoms with van der Waals surface area (Å²) in [5.74, 6) is 2.12. The fourth-order valence-corrected chi connectivity index (χ4v) is 2.17. The SMILES string of the molecule is COc1cc(C)nc(CNC(CCl)CC(C)C)c1. The third-order valence-electron chi connectivity index (χ3n) is 2.73. The number of halogens is 1. The second kappa shape index (κ2) is 7.59. The van der Waals surface area contributed by atoms with Gasteiger partial charge >= 0.3 is 0 Å². The van der Waals surface area contributed by atoms with E-state index >= 15 is 0 Å². The van der Waals surface area contributed by atoms with Gasteiger partial charge in [0.05, 0.1) is 12.8 Å². The van der Waals surface area contributed by atoms with Crippen molar-refractivity contribution in [2.75, 3.05) is 13.0 Å². The lowest BCUT2D eigenvalue weighted by atomic mass is 10.1. The van der Waals surface area contributed by atoms with Gasteiger partial charge in [0, 0.05) is 36.3 Å². The van der Waals surface area contributed by atoms with E-state index in [4.69, 9.17) is 16.3 Å². The normalized spacial score (nSPS) is 12.8. The molecule has 0 aliphatic rings. The van der Waals surface area contributed by atoms with Crippen molar-refractivity contribution in [2.24, 2.45) is 5.92 Å². The Balaban J connectivity index is 2.58. The summed E-state index contributed by atoms with van der Waals surface area (Å²) >= 11 is 5.96. The standard InChI is InChI=1S/C14H23ClN2O/c1-10(2)5-12(8-15)16-9-13-7-14(18-4)6-11(3)17-13/h6-7,10,12,16H,5,8-9H2,1-4H3. The van der Waals surface area contributed by atoms with Crippen LogP contribution in [0.15, 0.2) is 12.1 Å². The minimum Gasteiger partial charge on any atom is -0.497 e. The summed E-state index contributed by atoms with van der Waals surface area (Å²) in [6.07, 6.45) is 1.08. The van der Waals surface area contributed by atoms with Crippen molar-refractivity contribution >= 4 is 11.6 Å². The van der Waals surface area contributed by atoms with Crippen LogP contribution in [-0.2, 0) is 6.54 Å². The lowest BCUT2D eigenvalue weighted by Crippen LogP contribution is -2.31. The third-order valence-corrected chi connectivity index (χ3v) is 3.10. The summed E-state index contributed by atoms with van der Waals surface area (Å²) in [6.45, 7) is 7.10. The quantitative estimate of drug-likeness (QED) is 0.773. The first-order valence-corrected chi connectivity index (χ1v) is 6.89. The molecule has 0 saturated heterocycles. The van der Waals surface area contributed by atoms with Gasteiger partial charge in [-0.3, -0.25) is 4.98 Å². The van der Waals surface area contributed by atoms with Crippen LogP contribution >= 0.6 is 11.6 Å². The molecule has 18 heavy (non-hydrogen) atoms. The predicted molar refractivity (Wildman–Crippen MR) is 76.3 cm³/mol. The first-order chi connectivity index (χ1) is 8.55. The first kappa shape index (κ1) is 15.3. The van der Waals surface area contributed by atoms with Gasteiger partial charge in [0.2, 0.25) is 0 Å². The van der Waals surface area contributed by atoms with Gasteiger partial charge in [0.15, 0.2) is 0 Å². The number of hydrogen-bond acceptors (Lipinski definition) is 3. The van der Waals surface area contributed by atoms with Crippen molar-refractivity contribution in [3.05, 3.63) is 23.5 Å². The van der Waals surface area contributed by atoms with Gasteiger partial charge in [-0.05, 0) is 19.3 Å². The molecule has 0 aliphatic heterocycles. The summed E-state index contributed by atoms with van der Waals surface area (Å²) in [5.41, 5.74) is 1.96. The van der Waals surface area contributed by atoms with Crippen LogP contribution in [0, 0.1) is 12.8 Å². The molecule has 1 aromatic heterocycles. The van der Waals surface area contributed by atoms with Gasteiger partial charge in [0.1, 0.15) is 5.75 Å². The second-order valence-corrected chi connectivity index (χ2v) is 5.31. The minimum absolute atomic E-state index is 0.333. The molecule has 1 atom stereocenters. The Bertz CT molecular complexity index is 369. The molecule has 1 heterocycles. The summed E-state index contributed by atoms with van der Waals surface area (Å²) in [4.78, 5) is 4.48. The molecule has 0 bridgehead atoms. The number of pyridine rings is 1. The van der Waals surface area contributed by atoms with E-state index in [0.29, 0.717) is 17.8 Å². The van der Waals surface area contributed by atoms with E-state index in [1.807, 2.05) is 19.1 Å². The topological polar surface area (TPSA) is 34.1 Å². The van der Waals surface area contributed by atoms with Crippen LogP contribution < -0.4 is 10.1 Å². The molecule has 0 aromatic carbocycles. The van der Waals surface area contributed by atoms with Crippen molar-refractivity contribution in [3.8, 4) is 5.75 Å². The maximum absolute atomic E-state index is 5.96. The van der Waals surface area contributed by atoms with E-state index in [-0.39, 0.29) is 0 Å². The van der Waals surface area contributed by atoms with Gasteiger partial charge in [-0.2, -0.15) is 0 Å². The van der Waals surface area contributed by atoms with E-state index in [0.717, 1.165) is 30.1 Å². The van der Waals surface area contributed by atoms with Gasteiger partial charge in [-0.1, -0.05) is 13.8 Å². The van der Waals surface area contributed by atoms with E-state index < -0.39 is 0 Å². The molecule has 1 rings (SSSR count). The summed E-state index contributed by atoms with van der Waals surface area (Å²) in [7, 11) is 1.67. The summed E-state index contributed by atoms with van der Waals surface area (Å²) in [5, 5.41) is 3.45. The number of ether oxygens (including phenoxy) is 1. The summed E-state index contributed by atoms with van der Waals surface area (Å²) in [6, 6.07) is 4.22. The van der Waals surface area contributed by atoms with Gasteiger partial charge in [-0.25, -0.2) is 0 Å². The second-order valence-electron chi connectivity index (χ2n) is 5.00. The smallest absolute Gasteiger partial charge is 0.122 e. The minimum atomic E-state index is 0.333. The average molecular weight is 271 g/mol. The Morgan fingerprint density at radius 3 is 2.67 bits per heavy atom. The third kappa shape index (κ3) is 5.23. The van der Waals surface area contributed by atoms with Crippen molar-refractivity contribution in [1.82, 2.24) is 10.3 Å². The number of aryl methyl sites for hydroxylation is 1. The van der Waals surface area contributed by atoms with E-state index in [9.17, 15) is 0 Å². The Kier molecular flexibility index (Phi) is 6.44. The van der Waals surface area contributed by atoms with Crippen molar-refractivity contribution in [3.63, 3.8) is 0 Å². The van der Waals surface area contributed by atoms with Crippen LogP contribution in [0.4, 0.5) is 0 Å². The molecule has 0 spiro atoms. The van der Waals surface area contributed by atoms with Crippen molar-refractivity contribution < 1.29 is 4.74 Å². The fraction of sp³-hybridized carbons (Fsp3) is 0.643. The van der Waals surface area contributed by atoms with Crippen molar-refractivity contribution in [1.29, 1.82) is 0 Å². The van der Waals surface area contributed by atoms with Gasteiger partial charge in [-0.15, -0.1) is 11.6 Å². The molecule has 0 amide bonds. The predicted octanol–water partition coefficient (Wildman–Crippen LogP) is 3.14. The lowest BCUT2D eigenvalue weighted by Gasteiger charge is -2.18. The number of alkyl halides is 1. The number of aromatic nitrogens is 1. The highest BCUT2D eigenvalue weighted by atomic mass is 35.5. The number of nitrogens with zero attached hydrogens (tertiary/aromatic N) is 1.